The third kappa shape index (κ3) is 51.1. The Labute approximate surface area is 404 Å². The molecule has 2 unspecified atom stereocenters. The first-order valence-electron chi connectivity index (χ1n) is 28.4. The van der Waals surface area contributed by atoms with Crippen LogP contribution in [0.3, 0.4) is 0 Å². The Morgan fingerprint density at radius 1 is 0.431 bits per heavy atom. The zero-order valence-electron chi connectivity index (χ0n) is 43.2. The molecule has 0 spiro atoms. The number of amides is 1. The van der Waals surface area contributed by atoms with Gasteiger partial charge in [0.25, 0.3) is 0 Å². The summed E-state index contributed by atoms with van der Waals surface area (Å²) in [6, 6.07) is -0.641. The number of esters is 1. The number of ether oxygens (including phenoxy) is 1. The average Bonchev–Trinajstić information content (AvgIpc) is 3.31. The molecule has 6 nitrogen and oxygen atoms in total. The second-order valence-corrected chi connectivity index (χ2v) is 19.3. The van der Waals surface area contributed by atoms with Gasteiger partial charge in [0.15, 0.2) is 0 Å². The van der Waals surface area contributed by atoms with Crippen LogP contribution in [0, 0.1) is 0 Å². The van der Waals surface area contributed by atoms with E-state index in [0.717, 1.165) is 83.5 Å². The van der Waals surface area contributed by atoms with Crippen LogP contribution in [0.15, 0.2) is 48.6 Å². The van der Waals surface area contributed by atoms with Crippen molar-refractivity contribution in [1.82, 2.24) is 5.32 Å². The lowest BCUT2D eigenvalue weighted by atomic mass is 10.0. The molecule has 0 aromatic heterocycles. The SMILES string of the molecule is CCC/C=C\C/C=C\CCCCCCCC(=O)OCCCCCC/C=C\CCCCCCCCCC(=O)NC(CO)C(O)/C=C/CCCCCCCCCCCCCCCCCCCC. The van der Waals surface area contributed by atoms with E-state index in [4.69, 9.17) is 4.74 Å². The Morgan fingerprint density at radius 3 is 1.25 bits per heavy atom. The molecule has 65 heavy (non-hydrogen) atoms. The first-order chi connectivity index (χ1) is 32.0. The fourth-order valence-electron chi connectivity index (χ4n) is 8.43. The second kappa shape index (κ2) is 54.4. The zero-order chi connectivity index (χ0) is 47.2. The summed E-state index contributed by atoms with van der Waals surface area (Å²) in [7, 11) is 0. The first-order valence-corrected chi connectivity index (χ1v) is 28.4. The number of aliphatic hydroxyl groups is 2. The molecule has 0 aliphatic heterocycles. The van der Waals surface area contributed by atoms with Crippen molar-refractivity contribution in [2.75, 3.05) is 13.2 Å². The highest BCUT2D eigenvalue weighted by molar-refractivity contribution is 5.76. The third-order valence-electron chi connectivity index (χ3n) is 12.8. The van der Waals surface area contributed by atoms with Crippen molar-refractivity contribution in [3.63, 3.8) is 0 Å². The van der Waals surface area contributed by atoms with Crippen LogP contribution in [-0.4, -0.2) is 47.4 Å². The van der Waals surface area contributed by atoms with Gasteiger partial charge in [-0.15, -0.1) is 0 Å². The maximum atomic E-state index is 12.5. The highest BCUT2D eigenvalue weighted by Gasteiger charge is 2.18. The van der Waals surface area contributed by atoms with Gasteiger partial charge in [-0.3, -0.25) is 9.59 Å². The molecule has 0 bridgehead atoms. The second-order valence-electron chi connectivity index (χ2n) is 19.3. The molecule has 1 amide bonds. The van der Waals surface area contributed by atoms with Crippen molar-refractivity contribution < 1.29 is 24.5 Å². The number of aliphatic hydroxyl groups excluding tert-OH is 2. The predicted octanol–water partition coefficient (Wildman–Crippen LogP) is 17.4. The van der Waals surface area contributed by atoms with Crippen molar-refractivity contribution in [3.05, 3.63) is 48.6 Å². The van der Waals surface area contributed by atoms with Crippen LogP contribution in [0.4, 0.5) is 0 Å². The van der Waals surface area contributed by atoms with Crippen molar-refractivity contribution >= 4 is 11.9 Å². The highest BCUT2D eigenvalue weighted by atomic mass is 16.5. The summed E-state index contributed by atoms with van der Waals surface area (Å²) in [5.41, 5.74) is 0. The van der Waals surface area contributed by atoms with Gasteiger partial charge in [0.05, 0.1) is 25.4 Å². The van der Waals surface area contributed by atoms with Gasteiger partial charge in [-0.25, -0.2) is 0 Å². The molecule has 3 N–H and O–H groups in total. The summed E-state index contributed by atoms with van der Waals surface area (Å²) < 4.78 is 5.44. The van der Waals surface area contributed by atoms with Gasteiger partial charge in [0, 0.05) is 12.8 Å². The minimum Gasteiger partial charge on any atom is -0.466 e. The van der Waals surface area contributed by atoms with Gasteiger partial charge in [-0.05, 0) is 83.5 Å². The van der Waals surface area contributed by atoms with Crippen molar-refractivity contribution in [2.45, 2.75) is 302 Å². The summed E-state index contributed by atoms with van der Waals surface area (Å²) >= 11 is 0. The van der Waals surface area contributed by atoms with E-state index >= 15 is 0 Å². The van der Waals surface area contributed by atoms with E-state index in [1.807, 2.05) is 6.08 Å². The predicted molar refractivity (Wildman–Crippen MR) is 282 cm³/mol. The summed E-state index contributed by atoms with van der Waals surface area (Å²) in [6.45, 7) is 4.80. The third-order valence-corrected chi connectivity index (χ3v) is 12.8. The number of allylic oxidation sites excluding steroid dienone is 7. The minimum atomic E-state index is -0.856. The maximum Gasteiger partial charge on any atom is 0.305 e. The van der Waals surface area contributed by atoms with E-state index in [1.165, 1.54) is 180 Å². The maximum absolute atomic E-state index is 12.5. The van der Waals surface area contributed by atoms with E-state index in [-0.39, 0.29) is 18.5 Å². The zero-order valence-corrected chi connectivity index (χ0v) is 43.2. The van der Waals surface area contributed by atoms with Gasteiger partial charge in [-0.2, -0.15) is 0 Å². The lowest BCUT2D eigenvalue weighted by molar-refractivity contribution is -0.143. The summed E-state index contributed by atoms with van der Waals surface area (Å²) in [4.78, 5) is 24.5. The fraction of sp³-hybridized carbons (Fsp3) is 0.831. The Balaban J connectivity index is 3.53. The van der Waals surface area contributed by atoms with Crippen molar-refractivity contribution in [3.8, 4) is 0 Å². The van der Waals surface area contributed by atoms with Gasteiger partial charge in [0.1, 0.15) is 0 Å². The van der Waals surface area contributed by atoms with Crippen LogP contribution in [0.5, 0.6) is 0 Å². The molecule has 0 aromatic rings. The Hall–Kier alpha value is -2.18. The standard InChI is InChI=1S/C59H109NO5/c1-3-5-7-9-11-13-15-17-18-19-20-21-22-24-28-31-35-39-43-47-51-57(62)56(55-61)60-58(63)52-48-44-40-36-32-29-25-23-26-30-34-38-42-46-50-54-65-59(64)53-49-45-41-37-33-27-16-14-12-10-8-6-4-2/h8,10,14,16,26,30,47,51,56-57,61-62H,3-7,9,11-13,15,17-25,27-29,31-46,48-50,52-55H2,1-2H3,(H,60,63)/b10-8-,16-14-,30-26-,51-47+. The quantitative estimate of drug-likeness (QED) is 0.0321. The number of hydrogen-bond donors (Lipinski definition) is 3. The number of hydrogen-bond acceptors (Lipinski definition) is 5. The summed E-state index contributed by atoms with van der Waals surface area (Å²) in [6.07, 6.45) is 68.4. The molecule has 0 aliphatic rings. The molecular formula is C59H109NO5. The first kappa shape index (κ1) is 62.8. The lowest BCUT2D eigenvalue weighted by Gasteiger charge is -2.20. The van der Waals surface area contributed by atoms with Crippen molar-refractivity contribution in [1.29, 1.82) is 0 Å². The minimum absolute atomic E-state index is 0.0269. The molecule has 0 aliphatic carbocycles. The molecule has 0 rings (SSSR count). The van der Waals surface area contributed by atoms with Crippen LogP contribution >= 0.6 is 0 Å². The molecule has 0 saturated carbocycles. The van der Waals surface area contributed by atoms with Gasteiger partial charge in [0.2, 0.25) is 5.91 Å². The van der Waals surface area contributed by atoms with E-state index in [9.17, 15) is 19.8 Å². The number of rotatable bonds is 52. The largest absolute Gasteiger partial charge is 0.466 e. The number of carbonyl (C=O) groups is 2. The van der Waals surface area contributed by atoms with E-state index < -0.39 is 12.1 Å². The smallest absolute Gasteiger partial charge is 0.305 e. The fourth-order valence-corrected chi connectivity index (χ4v) is 8.43. The highest BCUT2D eigenvalue weighted by Crippen LogP contribution is 2.16. The summed E-state index contributed by atoms with van der Waals surface area (Å²) in [5.74, 6) is -0.110. The Kier molecular flexibility index (Phi) is 52.6. The number of nitrogens with one attached hydrogen (secondary N) is 1. The average molecular weight is 913 g/mol. The van der Waals surface area contributed by atoms with Gasteiger partial charge in [-0.1, -0.05) is 242 Å². The van der Waals surface area contributed by atoms with Crippen LogP contribution in [0.1, 0.15) is 290 Å². The van der Waals surface area contributed by atoms with Crippen LogP contribution < -0.4 is 5.32 Å². The molecule has 0 heterocycles. The topological polar surface area (TPSA) is 95.9 Å². The monoisotopic (exact) mass is 912 g/mol. The lowest BCUT2D eigenvalue weighted by Crippen LogP contribution is -2.45. The number of unbranched alkanes of at least 4 members (excludes halogenated alkanes) is 35. The van der Waals surface area contributed by atoms with E-state index in [2.05, 4.69) is 55.6 Å². The Morgan fingerprint density at radius 2 is 0.800 bits per heavy atom. The van der Waals surface area contributed by atoms with Gasteiger partial charge < -0.3 is 20.3 Å². The Bertz CT molecular complexity index is 1100. The van der Waals surface area contributed by atoms with Crippen LogP contribution in [0.25, 0.3) is 0 Å². The number of carbonyl (C=O) groups excluding carboxylic acids is 2. The summed E-state index contributed by atoms with van der Waals surface area (Å²) in [5, 5.41) is 23.1. The van der Waals surface area contributed by atoms with Gasteiger partial charge >= 0.3 is 5.97 Å². The van der Waals surface area contributed by atoms with Crippen LogP contribution in [-0.2, 0) is 14.3 Å². The molecule has 0 saturated heterocycles. The molecule has 6 heteroatoms. The molecule has 2 atom stereocenters. The van der Waals surface area contributed by atoms with E-state index in [0.29, 0.717) is 19.4 Å². The molecule has 0 radical (unpaired) electrons. The molecule has 0 fully saturated rings. The van der Waals surface area contributed by atoms with E-state index in [1.54, 1.807) is 6.08 Å². The molecule has 0 aromatic carbocycles. The van der Waals surface area contributed by atoms with Crippen molar-refractivity contribution in [2.24, 2.45) is 0 Å². The molecule has 380 valence electrons. The normalized spacial score (nSPS) is 13.0. The molecular weight excluding hydrogens is 803 g/mol. The van der Waals surface area contributed by atoms with Crippen LogP contribution in [0.2, 0.25) is 0 Å².